The van der Waals surface area contributed by atoms with E-state index in [4.69, 9.17) is 9.84 Å². The highest BCUT2D eigenvalue weighted by atomic mass is 16.5. The number of amides is 1. The van der Waals surface area contributed by atoms with E-state index in [9.17, 15) is 9.59 Å². The summed E-state index contributed by atoms with van der Waals surface area (Å²) in [6.45, 7) is 3.15. The van der Waals surface area contributed by atoms with Gasteiger partial charge in [0, 0.05) is 25.7 Å². The fraction of sp³-hybridized carbons (Fsp3) is 0.833. The summed E-state index contributed by atoms with van der Waals surface area (Å²) in [6, 6.07) is -0.188. The lowest BCUT2D eigenvalue weighted by Crippen LogP contribution is -2.40. The van der Waals surface area contributed by atoms with Crippen LogP contribution in [0.3, 0.4) is 0 Å². The van der Waals surface area contributed by atoms with Crippen LogP contribution in [0.4, 0.5) is 0 Å². The number of aliphatic carboxylic acids is 1. The predicted molar refractivity (Wildman–Crippen MR) is 62.6 cm³/mol. The topological polar surface area (TPSA) is 75.6 Å². The molecule has 17 heavy (non-hydrogen) atoms. The van der Waals surface area contributed by atoms with Crippen molar-refractivity contribution in [1.82, 2.24) is 5.32 Å². The third-order valence-electron chi connectivity index (χ3n) is 3.08. The third-order valence-corrected chi connectivity index (χ3v) is 3.08. The number of nitrogens with one attached hydrogen (secondary N) is 1. The van der Waals surface area contributed by atoms with Crippen LogP contribution in [0.1, 0.15) is 39.0 Å². The number of carbonyl (C=O) groups excluding carboxylic acids is 1. The van der Waals surface area contributed by atoms with Crippen molar-refractivity contribution in [3.05, 3.63) is 0 Å². The Hall–Kier alpha value is -1.10. The molecular formula is C12H21NO4. The molecule has 0 aromatic rings. The Labute approximate surface area is 102 Å². The first kappa shape index (κ1) is 14.0. The summed E-state index contributed by atoms with van der Waals surface area (Å²) in [4.78, 5) is 22.5. The van der Waals surface area contributed by atoms with Crippen LogP contribution in [0, 0.1) is 5.92 Å². The molecule has 0 spiro atoms. The smallest absolute Gasteiger partial charge is 0.308 e. The number of carbonyl (C=O) groups is 2. The summed E-state index contributed by atoms with van der Waals surface area (Å²) in [6.07, 6.45) is 3.40. The van der Waals surface area contributed by atoms with Gasteiger partial charge >= 0.3 is 5.97 Å². The van der Waals surface area contributed by atoms with Gasteiger partial charge in [-0.15, -0.1) is 0 Å². The van der Waals surface area contributed by atoms with E-state index in [0.717, 1.165) is 12.8 Å². The van der Waals surface area contributed by atoms with E-state index in [1.807, 2.05) is 6.92 Å². The summed E-state index contributed by atoms with van der Waals surface area (Å²) in [5, 5.41) is 11.8. The lowest BCUT2D eigenvalue weighted by molar-refractivity contribution is -0.142. The van der Waals surface area contributed by atoms with E-state index >= 15 is 0 Å². The highest BCUT2D eigenvalue weighted by Crippen LogP contribution is 2.25. The molecule has 0 aromatic heterocycles. The number of hydrogen-bond acceptors (Lipinski definition) is 3. The van der Waals surface area contributed by atoms with Gasteiger partial charge in [0.05, 0.1) is 5.92 Å². The van der Waals surface area contributed by atoms with Crippen molar-refractivity contribution in [2.75, 3.05) is 13.2 Å². The zero-order valence-corrected chi connectivity index (χ0v) is 10.3. The molecule has 0 radical (unpaired) electrons. The van der Waals surface area contributed by atoms with E-state index in [1.165, 1.54) is 0 Å². The maximum absolute atomic E-state index is 11.6. The SMILES string of the molecule is CCOCCCC(=O)N[C@@H]1CCC[C@@H]1C(=O)O. The molecule has 1 saturated carbocycles. The summed E-state index contributed by atoms with van der Waals surface area (Å²) in [5.41, 5.74) is 0. The van der Waals surface area contributed by atoms with Crippen LogP contribution in [-0.4, -0.2) is 36.2 Å². The fourth-order valence-corrected chi connectivity index (χ4v) is 2.19. The van der Waals surface area contributed by atoms with Crippen molar-refractivity contribution < 1.29 is 19.4 Å². The second-order valence-corrected chi connectivity index (χ2v) is 4.35. The molecule has 0 unspecified atom stereocenters. The molecule has 0 heterocycles. The molecule has 1 amide bonds. The summed E-state index contributed by atoms with van der Waals surface area (Å²) < 4.78 is 5.14. The monoisotopic (exact) mass is 243 g/mol. The van der Waals surface area contributed by atoms with Gasteiger partial charge in [0.25, 0.3) is 0 Å². The molecule has 0 saturated heterocycles. The molecule has 0 aliphatic heterocycles. The second-order valence-electron chi connectivity index (χ2n) is 4.35. The van der Waals surface area contributed by atoms with E-state index < -0.39 is 11.9 Å². The maximum atomic E-state index is 11.6. The minimum atomic E-state index is -0.804. The molecule has 2 atom stereocenters. The van der Waals surface area contributed by atoms with Crippen LogP contribution in [-0.2, 0) is 14.3 Å². The van der Waals surface area contributed by atoms with Crippen molar-refractivity contribution in [2.24, 2.45) is 5.92 Å². The molecule has 0 bridgehead atoms. The first-order valence-corrected chi connectivity index (χ1v) is 6.25. The van der Waals surface area contributed by atoms with Crippen molar-refractivity contribution in [2.45, 2.75) is 45.1 Å². The minimum Gasteiger partial charge on any atom is -0.481 e. The van der Waals surface area contributed by atoms with Gasteiger partial charge in [0.15, 0.2) is 0 Å². The molecular weight excluding hydrogens is 222 g/mol. The summed E-state index contributed by atoms with van der Waals surface area (Å²) in [5.74, 6) is -1.28. The van der Waals surface area contributed by atoms with Crippen LogP contribution in [0.2, 0.25) is 0 Å². The normalized spacial score (nSPS) is 23.6. The summed E-state index contributed by atoms with van der Waals surface area (Å²) >= 11 is 0. The van der Waals surface area contributed by atoms with Crippen molar-refractivity contribution in [3.63, 3.8) is 0 Å². The third kappa shape index (κ3) is 4.73. The lowest BCUT2D eigenvalue weighted by Gasteiger charge is -2.17. The Morgan fingerprint density at radius 3 is 2.82 bits per heavy atom. The Morgan fingerprint density at radius 1 is 1.41 bits per heavy atom. The number of carboxylic acid groups (broad SMARTS) is 1. The first-order valence-electron chi connectivity index (χ1n) is 6.25. The molecule has 1 rings (SSSR count). The second kappa shape index (κ2) is 7.27. The van der Waals surface area contributed by atoms with Crippen molar-refractivity contribution in [1.29, 1.82) is 0 Å². The molecule has 1 fully saturated rings. The van der Waals surface area contributed by atoms with Gasteiger partial charge in [-0.3, -0.25) is 9.59 Å². The van der Waals surface area contributed by atoms with Gasteiger partial charge in [-0.05, 0) is 26.2 Å². The standard InChI is InChI=1S/C12H21NO4/c1-2-17-8-4-7-11(14)13-10-6-3-5-9(10)12(15)16/h9-10H,2-8H2,1H3,(H,13,14)(H,15,16)/t9-,10+/m0/s1. The van der Waals surface area contributed by atoms with E-state index in [0.29, 0.717) is 32.5 Å². The van der Waals surface area contributed by atoms with Crippen LogP contribution in [0.25, 0.3) is 0 Å². The van der Waals surface area contributed by atoms with Gasteiger partial charge in [-0.25, -0.2) is 0 Å². The Balaban J connectivity index is 2.23. The molecule has 0 aromatic carbocycles. The van der Waals surface area contributed by atoms with Crippen LogP contribution in [0.5, 0.6) is 0 Å². The summed E-state index contributed by atoms with van der Waals surface area (Å²) in [7, 11) is 0. The van der Waals surface area contributed by atoms with Gasteiger partial charge in [-0.1, -0.05) is 6.42 Å². The quantitative estimate of drug-likeness (QED) is 0.658. The highest BCUT2D eigenvalue weighted by molar-refractivity contribution is 5.78. The van der Waals surface area contributed by atoms with E-state index in [2.05, 4.69) is 5.32 Å². The molecule has 5 heteroatoms. The minimum absolute atomic E-state index is 0.0668. The van der Waals surface area contributed by atoms with Crippen molar-refractivity contribution >= 4 is 11.9 Å². The number of ether oxygens (including phenoxy) is 1. The zero-order valence-electron chi connectivity index (χ0n) is 10.3. The number of hydrogen-bond donors (Lipinski definition) is 2. The molecule has 1 aliphatic rings. The number of carboxylic acids is 1. The van der Waals surface area contributed by atoms with E-state index in [-0.39, 0.29) is 11.9 Å². The van der Waals surface area contributed by atoms with Gasteiger partial charge in [-0.2, -0.15) is 0 Å². The number of rotatable bonds is 7. The predicted octanol–water partition coefficient (Wildman–Crippen LogP) is 1.17. The largest absolute Gasteiger partial charge is 0.481 e. The average Bonchev–Trinajstić information content (AvgIpc) is 2.72. The maximum Gasteiger partial charge on any atom is 0.308 e. The first-order chi connectivity index (χ1) is 8.15. The lowest BCUT2D eigenvalue weighted by atomic mass is 10.0. The van der Waals surface area contributed by atoms with Gasteiger partial charge in [0.2, 0.25) is 5.91 Å². The van der Waals surface area contributed by atoms with Crippen LogP contribution in [0.15, 0.2) is 0 Å². The van der Waals surface area contributed by atoms with Crippen LogP contribution >= 0.6 is 0 Å². The van der Waals surface area contributed by atoms with Gasteiger partial charge < -0.3 is 15.2 Å². The zero-order chi connectivity index (χ0) is 12.7. The van der Waals surface area contributed by atoms with Gasteiger partial charge in [0.1, 0.15) is 0 Å². The molecule has 98 valence electrons. The molecule has 1 aliphatic carbocycles. The fourth-order valence-electron chi connectivity index (χ4n) is 2.19. The Kier molecular flexibility index (Phi) is 5.97. The molecule has 5 nitrogen and oxygen atoms in total. The highest BCUT2D eigenvalue weighted by Gasteiger charge is 2.33. The Bertz CT molecular complexity index is 267. The molecule has 2 N–H and O–H groups in total. The average molecular weight is 243 g/mol. The van der Waals surface area contributed by atoms with Crippen LogP contribution < -0.4 is 5.32 Å². The van der Waals surface area contributed by atoms with Crippen molar-refractivity contribution in [3.8, 4) is 0 Å². The van der Waals surface area contributed by atoms with E-state index in [1.54, 1.807) is 0 Å². The Morgan fingerprint density at radius 2 is 2.18 bits per heavy atom.